The molecule has 0 spiro atoms. The van der Waals surface area contributed by atoms with Crippen LogP contribution in [0.4, 0.5) is 10.1 Å². The predicted molar refractivity (Wildman–Crippen MR) is 105 cm³/mol. The SMILES string of the molecule is O=C([O-])c1cn(C2CC2)c2cc(N3CCN(C(=S)[S-])CC3)c(F)cc2c1=O. The lowest BCUT2D eigenvalue weighted by Gasteiger charge is -2.39. The number of aromatic carboxylic acids is 1. The largest absolute Gasteiger partial charge is 0.545 e. The second kappa shape index (κ2) is 6.72. The first kappa shape index (κ1) is 18.1. The van der Waals surface area contributed by atoms with Crippen molar-refractivity contribution in [1.29, 1.82) is 0 Å². The third kappa shape index (κ3) is 3.25. The number of hydrogen-bond acceptors (Lipinski definition) is 6. The molecule has 2 aromatic rings. The zero-order valence-corrected chi connectivity index (χ0v) is 15.9. The number of thiocarbonyl (C=S) groups is 1. The number of carbonyl (C=O) groups is 1. The molecule has 1 saturated carbocycles. The monoisotopic (exact) mass is 405 g/mol. The van der Waals surface area contributed by atoms with E-state index in [9.17, 15) is 19.1 Å². The average Bonchev–Trinajstić information content (AvgIpc) is 3.47. The summed E-state index contributed by atoms with van der Waals surface area (Å²) in [5, 5.41) is 11.4. The smallest absolute Gasteiger partial charge is 0.198 e. The first-order valence-corrected chi connectivity index (χ1v) is 9.49. The Morgan fingerprint density at radius 1 is 1.22 bits per heavy atom. The van der Waals surface area contributed by atoms with Gasteiger partial charge in [0, 0.05) is 43.8 Å². The second-order valence-corrected chi connectivity index (χ2v) is 7.89. The van der Waals surface area contributed by atoms with Gasteiger partial charge in [0.15, 0.2) is 5.43 Å². The van der Waals surface area contributed by atoms with Crippen molar-refractivity contribution in [3.05, 3.63) is 39.9 Å². The third-order valence-electron chi connectivity index (χ3n) is 5.14. The molecule has 4 rings (SSSR count). The van der Waals surface area contributed by atoms with Crippen LogP contribution in [-0.4, -0.2) is 45.9 Å². The lowest BCUT2D eigenvalue weighted by Crippen LogP contribution is -2.48. The zero-order chi connectivity index (χ0) is 19.3. The van der Waals surface area contributed by atoms with Crippen molar-refractivity contribution in [1.82, 2.24) is 9.47 Å². The van der Waals surface area contributed by atoms with Gasteiger partial charge in [-0.15, -0.1) is 0 Å². The summed E-state index contributed by atoms with van der Waals surface area (Å²) in [7, 11) is 0. The molecule has 142 valence electrons. The standard InChI is InChI=1S/C18H18FN3O3S2/c19-13-7-11-14(8-15(13)20-3-5-21(6-4-20)18(26)27)22(10-1-2-10)9-12(16(11)23)17(24)25/h7-10H,1-6H2,(H,24,25)(H,26,27)/p-2. The maximum absolute atomic E-state index is 14.8. The summed E-state index contributed by atoms with van der Waals surface area (Å²) in [5.41, 5.74) is -0.208. The van der Waals surface area contributed by atoms with Crippen molar-refractivity contribution in [3.63, 3.8) is 0 Å². The van der Waals surface area contributed by atoms with Gasteiger partial charge < -0.3 is 49.1 Å². The summed E-state index contributed by atoms with van der Waals surface area (Å²) in [5.74, 6) is -2.09. The van der Waals surface area contributed by atoms with Crippen LogP contribution in [-0.2, 0) is 12.6 Å². The number of pyridine rings is 1. The highest BCUT2D eigenvalue weighted by atomic mass is 32.1. The van der Waals surface area contributed by atoms with Crippen molar-refractivity contribution in [2.75, 3.05) is 31.1 Å². The molecule has 1 aromatic heterocycles. The number of carboxylic acids is 1. The normalized spacial score (nSPS) is 17.4. The van der Waals surface area contributed by atoms with E-state index >= 15 is 0 Å². The second-order valence-electron chi connectivity index (χ2n) is 6.86. The Morgan fingerprint density at radius 2 is 1.89 bits per heavy atom. The van der Waals surface area contributed by atoms with Crippen LogP contribution in [0.15, 0.2) is 23.1 Å². The summed E-state index contributed by atoms with van der Waals surface area (Å²) in [6, 6.07) is 2.91. The molecule has 0 unspecified atom stereocenters. The lowest BCUT2D eigenvalue weighted by molar-refractivity contribution is -0.255. The number of rotatable bonds is 3. The highest BCUT2D eigenvalue weighted by molar-refractivity contribution is 8.00. The molecule has 1 aliphatic heterocycles. The minimum atomic E-state index is -1.54. The van der Waals surface area contributed by atoms with Crippen LogP contribution in [0.1, 0.15) is 29.2 Å². The molecule has 0 amide bonds. The van der Waals surface area contributed by atoms with Crippen molar-refractivity contribution >= 4 is 51.7 Å². The van der Waals surface area contributed by atoms with Gasteiger partial charge in [0.05, 0.1) is 22.7 Å². The van der Waals surface area contributed by atoms with Crippen LogP contribution in [0.5, 0.6) is 0 Å². The molecule has 1 saturated heterocycles. The van der Waals surface area contributed by atoms with Gasteiger partial charge in [0.25, 0.3) is 0 Å². The van der Waals surface area contributed by atoms with E-state index in [0.29, 0.717) is 41.7 Å². The molecule has 0 N–H and O–H groups in total. The maximum atomic E-state index is 14.8. The van der Waals surface area contributed by atoms with Gasteiger partial charge in [-0.2, -0.15) is 0 Å². The van der Waals surface area contributed by atoms with Crippen LogP contribution in [0.25, 0.3) is 10.9 Å². The van der Waals surface area contributed by atoms with Crippen molar-refractivity contribution in [2.24, 2.45) is 0 Å². The highest BCUT2D eigenvalue weighted by Crippen LogP contribution is 2.38. The summed E-state index contributed by atoms with van der Waals surface area (Å²) in [6.07, 6.45) is 3.12. The van der Waals surface area contributed by atoms with Crippen molar-refractivity contribution in [2.45, 2.75) is 18.9 Å². The Balaban J connectivity index is 1.80. The number of anilines is 1. The molecule has 2 fully saturated rings. The molecular weight excluding hydrogens is 389 g/mol. The van der Waals surface area contributed by atoms with Crippen LogP contribution in [0.2, 0.25) is 0 Å². The zero-order valence-electron chi connectivity index (χ0n) is 14.3. The van der Waals surface area contributed by atoms with E-state index in [0.717, 1.165) is 18.9 Å². The van der Waals surface area contributed by atoms with Gasteiger partial charge in [-0.25, -0.2) is 4.39 Å². The van der Waals surface area contributed by atoms with E-state index in [1.165, 1.54) is 6.20 Å². The molecule has 1 aliphatic carbocycles. The molecule has 9 heteroatoms. The minimum Gasteiger partial charge on any atom is -0.545 e. The van der Waals surface area contributed by atoms with Crippen LogP contribution < -0.4 is 15.4 Å². The van der Waals surface area contributed by atoms with Gasteiger partial charge in [0.1, 0.15) is 5.82 Å². The summed E-state index contributed by atoms with van der Waals surface area (Å²) < 4.78 is 17.0. The summed E-state index contributed by atoms with van der Waals surface area (Å²) in [4.78, 5) is 27.6. The Labute approximate surface area is 165 Å². The lowest BCUT2D eigenvalue weighted by atomic mass is 10.1. The molecule has 0 radical (unpaired) electrons. The van der Waals surface area contributed by atoms with E-state index in [1.54, 1.807) is 10.6 Å². The van der Waals surface area contributed by atoms with Crippen molar-refractivity contribution < 1.29 is 14.3 Å². The molecule has 0 atom stereocenters. The van der Waals surface area contributed by atoms with Crippen LogP contribution in [0, 0.1) is 5.82 Å². The van der Waals surface area contributed by atoms with E-state index in [1.807, 2.05) is 9.80 Å². The number of benzene rings is 1. The number of carbonyl (C=O) groups excluding carboxylic acids is 1. The first-order valence-electron chi connectivity index (χ1n) is 8.67. The average molecular weight is 405 g/mol. The summed E-state index contributed by atoms with van der Waals surface area (Å²) >= 11 is 10.0. The Hall–Kier alpha value is -2.26. The molecule has 1 aromatic carbocycles. The van der Waals surface area contributed by atoms with E-state index in [-0.39, 0.29) is 11.4 Å². The molecule has 27 heavy (non-hydrogen) atoms. The maximum Gasteiger partial charge on any atom is 0.198 e. The number of fused-ring (bicyclic) bond motifs is 1. The third-order valence-corrected chi connectivity index (χ3v) is 5.66. The van der Waals surface area contributed by atoms with E-state index in [4.69, 9.17) is 24.8 Å². The fraction of sp³-hybridized carbons (Fsp3) is 0.389. The molecule has 6 nitrogen and oxygen atoms in total. The topological polar surface area (TPSA) is 68.6 Å². The number of hydrogen-bond donors (Lipinski definition) is 0. The van der Waals surface area contributed by atoms with Gasteiger partial charge in [0.2, 0.25) is 0 Å². The van der Waals surface area contributed by atoms with E-state index in [2.05, 4.69) is 0 Å². The Bertz CT molecular complexity index is 1010. The highest BCUT2D eigenvalue weighted by Gasteiger charge is 2.27. The van der Waals surface area contributed by atoms with Crippen LogP contribution >= 0.6 is 12.2 Å². The first-order chi connectivity index (χ1) is 12.9. The fourth-order valence-corrected chi connectivity index (χ4v) is 3.90. The number of nitrogens with zero attached hydrogens (tertiary/aromatic N) is 3. The van der Waals surface area contributed by atoms with Crippen LogP contribution in [0.3, 0.4) is 0 Å². The molecular formula is C18H16FN3O3S2-2. The quantitative estimate of drug-likeness (QED) is 0.553. The Kier molecular flexibility index (Phi) is 4.51. The molecule has 2 heterocycles. The minimum absolute atomic E-state index is 0.0650. The Morgan fingerprint density at radius 3 is 2.44 bits per heavy atom. The molecule has 0 bridgehead atoms. The van der Waals surface area contributed by atoms with Gasteiger partial charge >= 0.3 is 0 Å². The van der Waals surface area contributed by atoms with Crippen molar-refractivity contribution in [3.8, 4) is 0 Å². The fourth-order valence-electron chi connectivity index (χ4n) is 3.53. The number of carboxylic acid groups (broad SMARTS) is 1. The predicted octanol–water partition coefficient (Wildman–Crippen LogP) is 0.793. The number of halogens is 1. The van der Waals surface area contributed by atoms with Gasteiger partial charge in [-0.1, -0.05) is 4.32 Å². The van der Waals surface area contributed by atoms with Gasteiger partial charge in [-0.05, 0) is 25.0 Å². The number of piperazine rings is 1. The number of aromatic nitrogens is 1. The van der Waals surface area contributed by atoms with E-state index < -0.39 is 22.8 Å². The summed E-state index contributed by atoms with van der Waals surface area (Å²) in [6.45, 7) is 2.34. The molecule has 2 aliphatic rings. The van der Waals surface area contributed by atoms with Gasteiger partial charge in [-0.3, -0.25) is 4.79 Å².